The first-order valence-corrected chi connectivity index (χ1v) is 6.16. The van der Waals surface area contributed by atoms with Gasteiger partial charge in [0.05, 0.1) is 11.9 Å². The van der Waals surface area contributed by atoms with Crippen molar-refractivity contribution in [2.75, 3.05) is 4.90 Å². The van der Waals surface area contributed by atoms with Gasteiger partial charge in [-0.2, -0.15) is 5.10 Å². The maximum absolute atomic E-state index is 11.5. The normalized spacial score (nSPS) is 17.9. The van der Waals surface area contributed by atoms with Crippen LogP contribution >= 0.6 is 11.6 Å². The molecule has 0 saturated carbocycles. The van der Waals surface area contributed by atoms with Gasteiger partial charge >= 0.3 is 0 Å². The maximum Gasteiger partial charge on any atom is 0.285 e. The number of nitrogens with zero attached hydrogens (tertiary/aromatic N) is 2. The molecule has 1 aromatic carbocycles. The van der Waals surface area contributed by atoms with E-state index in [0.29, 0.717) is 5.69 Å². The fourth-order valence-electron chi connectivity index (χ4n) is 2.47. The van der Waals surface area contributed by atoms with Crippen molar-refractivity contribution in [2.24, 2.45) is 0 Å². The van der Waals surface area contributed by atoms with Gasteiger partial charge in [0.15, 0.2) is 0 Å². The van der Waals surface area contributed by atoms with E-state index in [1.165, 1.54) is 5.56 Å². The maximum atomic E-state index is 11.5. The molecule has 18 heavy (non-hydrogen) atoms. The summed E-state index contributed by atoms with van der Waals surface area (Å²) in [6.07, 6.45) is 2.54. The SMILES string of the molecule is CC1Cc2ccccc2N1c1cn[nH]c(=O)c1Cl. The predicted octanol–water partition coefficient (Wildman–Crippen LogP) is 2.51. The Morgan fingerprint density at radius 1 is 1.39 bits per heavy atom. The van der Waals surface area contributed by atoms with Gasteiger partial charge in [0.1, 0.15) is 5.02 Å². The van der Waals surface area contributed by atoms with Crippen LogP contribution < -0.4 is 10.5 Å². The van der Waals surface area contributed by atoms with Crippen molar-refractivity contribution in [3.8, 4) is 0 Å². The van der Waals surface area contributed by atoms with Crippen LogP contribution in [0.4, 0.5) is 11.4 Å². The van der Waals surface area contributed by atoms with E-state index >= 15 is 0 Å². The summed E-state index contributed by atoms with van der Waals surface area (Å²) in [5, 5.41) is 6.36. The lowest BCUT2D eigenvalue weighted by molar-refractivity contribution is 0.754. The number of benzene rings is 1. The van der Waals surface area contributed by atoms with Gasteiger partial charge in [0, 0.05) is 11.7 Å². The predicted molar refractivity (Wildman–Crippen MR) is 71.6 cm³/mol. The number of H-pyrrole nitrogens is 1. The van der Waals surface area contributed by atoms with Crippen LogP contribution in [0.15, 0.2) is 35.3 Å². The molecule has 3 rings (SSSR count). The molecule has 1 aromatic heterocycles. The standard InChI is InChI=1S/C13H12ClN3O/c1-8-6-9-4-2-3-5-10(9)17(8)11-7-15-16-13(18)12(11)14/h2-5,7-8H,6H2,1H3,(H,16,18). The van der Waals surface area contributed by atoms with Crippen LogP contribution in [0.2, 0.25) is 5.02 Å². The number of nitrogens with one attached hydrogen (secondary N) is 1. The molecule has 1 aliphatic heterocycles. The molecule has 4 nitrogen and oxygen atoms in total. The van der Waals surface area contributed by atoms with Gasteiger partial charge in [-0.25, -0.2) is 5.10 Å². The molecule has 5 heteroatoms. The topological polar surface area (TPSA) is 49.0 Å². The second kappa shape index (κ2) is 4.14. The molecule has 0 spiro atoms. The number of hydrogen-bond acceptors (Lipinski definition) is 3. The number of aromatic amines is 1. The fraction of sp³-hybridized carbons (Fsp3) is 0.231. The molecule has 0 bridgehead atoms. The van der Waals surface area contributed by atoms with Crippen molar-refractivity contribution in [1.82, 2.24) is 10.2 Å². The first-order valence-electron chi connectivity index (χ1n) is 5.79. The first-order chi connectivity index (χ1) is 8.68. The van der Waals surface area contributed by atoms with E-state index in [1.54, 1.807) is 6.20 Å². The summed E-state index contributed by atoms with van der Waals surface area (Å²) in [6, 6.07) is 8.41. The Morgan fingerprint density at radius 2 is 2.17 bits per heavy atom. The van der Waals surface area contributed by atoms with Gasteiger partial charge in [-0.3, -0.25) is 4.79 Å². The number of hydrogen-bond donors (Lipinski definition) is 1. The van der Waals surface area contributed by atoms with Crippen molar-refractivity contribution in [1.29, 1.82) is 0 Å². The van der Waals surface area contributed by atoms with Crippen molar-refractivity contribution in [2.45, 2.75) is 19.4 Å². The summed E-state index contributed by atoms with van der Waals surface area (Å²) in [7, 11) is 0. The average molecular weight is 262 g/mol. The highest BCUT2D eigenvalue weighted by atomic mass is 35.5. The molecular weight excluding hydrogens is 250 g/mol. The number of rotatable bonds is 1. The highest BCUT2D eigenvalue weighted by Crippen LogP contribution is 2.39. The van der Waals surface area contributed by atoms with Crippen molar-refractivity contribution in [3.05, 3.63) is 51.4 Å². The molecule has 0 radical (unpaired) electrons. The molecule has 2 aromatic rings. The lowest BCUT2D eigenvalue weighted by atomic mass is 10.1. The molecular formula is C13H12ClN3O. The summed E-state index contributed by atoms with van der Waals surface area (Å²) in [5.41, 5.74) is 2.67. The van der Waals surface area contributed by atoms with Gasteiger partial charge in [0.25, 0.3) is 5.56 Å². The highest BCUT2D eigenvalue weighted by Gasteiger charge is 2.28. The number of fused-ring (bicyclic) bond motifs is 1. The van der Waals surface area contributed by atoms with E-state index in [1.807, 2.05) is 18.2 Å². The smallest absolute Gasteiger partial charge is 0.285 e. The minimum atomic E-state index is -0.356. The van der Waals surface area contributed by atoms with Gasteiger partial charge in [-0.1, -0.05) is 29.8 Å². The molecule has 1 atom stereocenters. The third kappa shape index (κ3) is 1.61. The van der Waals surface area contributed by atoms with Crippen LogP contribution in [0.25, 0.3) is 0 Å². The zero-order valence-corrected chi connectivity index (χ0v) is 10.6. The van der Waals surface area contributed by atoms with Crippen LogP contribution in [0.1, 0.15) is 12.5 Å². The quantitative estimate of drug-likeness (QED) is 0.858. The lowest BCUT2D eigenvalue weighted by Crippen LogP contribution is -2.26. The van der Waals surface area contributed by atoms with Crippen molar-refractivity contribution in [3.63, 3.8) is 0 Å². The van der Waals surface area contributed by atoms with E-state index in [0.717, 1.165) is 12.1 Å². The monoisotopic (exact) mass is 261 g/mol. The van der Waals surface area contributed by atoms with E-state index in [4.69, 9.17) is 11.6 Å². The zero-order valence-electron chi connectivity index (χ0n) is 9.85. The molecule has 0 saturated heterocycles. The Labute approximate surface area is 109 Å². The van der Waals surface area contributed by atoms with Crippen molar-refractivity contribution < 1.29 is 0 Å². The van der Waals surface area contributed by atoms with Gasteiger partial charge in [-0.15, -0.1) is 0 Å². The van der Waals surface area contributed by atoms with E-state index in [-0.39, 0.29) is 16.6 Å². The Morgan fingerprint density at radius 3 is 3.00 bits per heavy atom. The summed E-state index contributed by atoms with van der Waals surface area (Å²) in [5.74, 6) is 0. The molecule has 0 amide bonds. The average Bonchev–Trinajstić information content (AvgIpc) is 2.69. The number of aromatic nitrogens is 2. The Bertz CT molecular complexity index is 653. The minimum Gasteiger partial charge on any atom is -0.335 e. The third-order valence-corrected chi connectivity index (χ3v) is 3.61. The molecule has 1 N–H and O–H groups in total. The largest absolute Gasteiger partial charge is 0.335 e. The molecule has 2 heterocycles. The fourth-order valence-corrected chi connectivity index (χ4v) is 2.66. The zero-order chi connectivity index (χ0) is 12.7. The van der Waals surface area contributed by atoms with Gasteiger partial charge in [-0.05, 0) is 25.0 Å². The third-order valence-electron chi connectivity index (χ3n) is 3.24. The Balaban J connectivity index is 2.18. The Hall–Kier alpha value is -1.81. The molecule has 92 valence electrons. The van der Waals surface area contributed by atoms with Crippen LogP contribution in [0.5, 0.6) is 0 Å². The second-order valence-corrected chi connectivity index (χ2v) is 4.83. The number of para-hydroxylation sites is 1. The summed E-state index contributed by atoms with van der Waals surface area (Å²) in [4.78, 5) is 13.6. The molecule has 0 aliphatic carbocycles. The summed E-state index contributed by atoms with van der Waals surface area (Å²) in [6.45, 7) is 2.11. The lowest BCUT2D eigenvalue weighted by Gasteiger charge is -2.24. The van der Waals surface area contributed by atoms with Crippen LogP contribution in [-0.4, -0.2) is 16.2 Å². The van der Waals surface area contributed by atoms with E-state index < -0.39 is 0 Å². The molecule has 1 aliphatic rings. The molecule has 0 fully saturated rings. The Kier molecular flexibility index (Phi) is 2.59. The first kappa shape index (κ1) is 11.3. The van der Waals surface area contributed by atoms with Crippen LogP contribution in [0.3, 0.4) is 0 Å². The second-order valence-electron chi connectivity index (χ2n) is 4.45. The van der Waals surface area contributed by atoms with E-state index in [9.17, 15) is 4.79 Å². The highest BCUT2D eigenvalue weighted by molar-refractivity contribution is 6.33. The van der Waals surface area contributed by atoms with Gasteiger partial charge < -0.3 is 4.90 Å². The van der Waals surface area contributed by atoms with Crippen LogP contribution in [-0.2, 0) is 6.42 Å². The van der Waals surface area contributed by atoms with E-state index in [2.05, 4.69) is 28.1 Å². The van der Waals surface area contributed by atoms with Crippen LogP contribution in [0, 0.1) is 0 Å². The summed E-state index contributed by atoms with van der Waals surface area (Å²) >= 11 is 6.08. The summed E-state index contributed by atoms with van der Waals surface area (Å²) < 4.78 is 0. The van der Waals surface area contributed by atoms with Gasteiger partial charge in [0.2, 0.25) is 0 Å². The van der Waals surface area contributed by atoms with Crippen molar-refractivity contribution >= 4 is 23.0 Å². The number of anilines is 2. The minimum absolute atomic E-state index is 0.188. The molecule has 1 unspecified atom stereocenters. The number of halogens is 1.